The Bertz CT molecular complexity index is 659. The minimum atomic E-state index is 0.211. The van der Waals surface area contributed by atoms with Gasteiger partial charge in [0.1, 0.15) is 5.82 Å². The first-order valence-corrected chi connectivity index (χ1v) is 7.69. The number of hydrogen-bond acceptors (Lipinski definition) is 6. The standard InChI is InChI=1S/C15H19N5S/c1-2-3-13-18-14(16)20-15(19-13)17-12-7-5-9-4-6-10(21)8-11(9)12/h4,6,8,12,21H,2-3,5,7H2,1H3,(H3,16,17,18,19,20). The predicted molar refractivity (Wildman–Crippen MR) is 86.6 cm³/mol. The first-order valence-electron chi connectivity index (χ1n) is 7.24. The summed E-state index contributed by atoms with van der Waals surface area (Å²) in [6, 6.07) is 6.50. The molecule has 1 atom stereocenters. The molecule has 3 rings (SSSR count). The molecule has 5 nitrogen and oxygen atoms in total. The van der Waals surface area contributed by atoms with Gasteiger partial charge in [0.15, 0.2) is 0 Å². The summed E-state index contributed by atoms with van der Waals surface area (Å²) in [4.78, 5) is 13.8. The second-order valence-corrected chi connectivity index (χ2v) is 5.82. The number of rotatable bonds is 4. The lowest BCUT2D eigenvalue weighted by molar-refractivity contribution is 0.740. The maximum Gasteiger partial charge on any atom is 0.228 e. The fourth-order valence-electron chi connectivity index (χ4n) is 2.73. The monoisotopic (exact) mass is 301 g/mol. The molecule has 1 aliphatic carbocycles. The minimum Gasteiger partial charge on any atom is -0.368 e. The molecule has 6 heteroatoms. The minimum absolute atomic E-state index is 0.211. The third-order valence-corrected chi connectivity index (χ3v) is 3.96. The van der Waals surface area contributed by atoms with Gasteiger partial charge in [0, 0.05) is 11.3 Å². The second-order valence-electron chi connectivity index (χ2n) is 5.30. The summed E-state index contributed by atoms with van der Waals surface area (Å²) in [5.74, 6) is 1.58. The van der Waals surface area contributed by atoms with Gasteiger partial charge in [-0.05, 0) is 42.5 Å². The lowest BCUT2D eigenvalue weighted by atomic mass is 10.1. The molecule has 2 aromatic rings. The molecule has 0 fully saturated rings. The number of nitrogens with two attached hydrogens (primary N) is 1. The summed E-state index contributed by atoms with van der Waals surface area (Å²) in [6.45, 7) is 2.09. The highest BCUT2D eigenvalue weighted by atomic mass is 32.1. The van der Waals surface area contributed by atoms with Gasteiger partial charge in [-0.1, -0.05) is 13.0 Å². The Morgan fingerprint density at radius 2 is 2.19 bits per heavy atom. The molecule has 1 heterocycles. The van der Waals surface area contributed by atoms with Gasteiger partial charge in [0.25, 0.3) is 0 Å². The van der Waals surface area contributed by atoms with Gasteiger partial charge >= 0.3 is 0 Å². The molecule has 0 saturated carbocycles. The molecule has 1 aromatic heterocycles. The van der Waals surface area contributed by atoms with E-state index in [1.165, 1.54) is 11.1 Å². The number of thiol groups is 1. The van der Waals surface area contributed by atoms with Gasteiger partial charge in [-0.25, -0.2) is 0 Å². The zero-order valence-electron chi connectivity index (χ0n) is 12.0. The molecule has 1 aliphatic rings. The van der Waals surface area contributed by atoms with Crippen LogP contribution in [-0.4, -0.2) is 15.0 Å². The van der Waals surface area contributed by atoms with Crippen molar-refractivity contribution in [1.82, 2.24) is 15.0 Å². The first kappa shape index (κ1) is 14.1. The van der Waals surface area contributed by atoms with Gasteiger partial charge in [0.2, 0.25) is 11.9 Å². The van der Waals surface area contributed by atoms with Crippen molar-refractivity contribution in [3.05, 3.63) is 35.2 Å². The maximum absolute atomic E-state index is 5.77. The Kier molecular flexibility index (Phi) is 3.96. The van der Waals surface area contributed by atoms with E-state index in [1.54, 1.807) is 0 Å². The van der Waals surface area contributed by atoms with Crippen LogP contribution >= 0.6 is 12.6 Å². The van der Waals surface area contributed by atoms with Gasteiger partial charge < -0.3 is 11.1 Å². The fourth-order valence-corrected chi connectivity index (χ4v) is 2.95. The highest BCUT2D eigenvalue weighted by molar-refractivity contribution is 7.80. The smallest absolute Gasteiger partial charge is 0.228 e. The summed E-state index contributed by atoms with van der Waals surface area (Å²) in [5, 5.41) is 3.39. The fraction of sp³-hybridized carbons (Fsp3) is 0.400. The van der Waals surface area contributed by atoms with Crippen LogP contribution < -0.4 is 11.1 Å². The molecule has 110 valence electrons. The summed E-state index contributed by atoms with van der Waals surface area (Å²) in [6.07, 6.45) is 3.88. The molecule has 0 aliphatic heterocycles. The number of nitrogens with one attached hydrogen (secondary N) is 1. The van der Waals surface area contributed by atoms with Crippen molar-refractivity contribution in [3.8, 4) is 0 Å². The van der Waals surface area contributed by atoms with E-state index in [0.717, 1.165) is 36.4 Å². The molecule has 0 bridgehead atoms. The Morgan fingerprint density at radius 3 is 3.00 bits per heavy atom. The van der Waals surface area contributed by atoms with Crippen molar-refractivity contribution in [2.75, 3.05) is 11.1 Å². The van der Waals surface area contributed by atoms with Crippen LogP contribution in [-0.2, 0) is 12.8 Å². The third-order valence-electron chi connectivity index (χ3n) is 3.68. The van der Waals surface area contributed by atoms with Crippen molar-refractivity contribution in [2.45, 2.75) is 43.5 Å². The number of benzene rings is 1. The summed E-state index contributed by atoms with van der Waals surface area (Å²) in [7, 11) is 0. The topological polar surface area (TPSA) is 76.7 Å². The molecule has 0 radical (unpaired) electrons. The van der Waals surface area contributed by atoms with Crippen LogP contribution in [0.2, 0.25) is 0 Å². The second kappa shape index (κ2) is 5.89. The van der Waals surface area contributed by atoms with Crippen LogP contribution in [0.4, 0.5) is 11.9 Å². The van der Waals surface area contributed by atoms with E-state index in [1.807, 2.05) is 6.07 Å². The number of aromatic nitrogens is 3. The predicted octanol–water partition coefficient (Wildman–Crippen LogP) is 2.79. The number of nitrogens with zero attached hydrogens (tertiary/aromatic N) is 3. The molecular weight excluding hydrogens is 282 g/mol. The van der Waals surface area contributed by atoms with E-state index in [2.05, 4.69) is 52.0 Å². The number of nitrogen functional groups attached to an aromatic ring is 1. The highest BCUT2D eigenvalue weighted by Crippen LogP contribution is 2.34. The highest BCUT2D eigenvalue weighted by Gasteiger charge is 2.23. The average Bonchev–Trinajstić information content (AvgIpc) is 2.81. The Hall–Kier alpha value is -1.82. The van der Waals surface area contributed by atoms with E-state index >= 15 is 0 Å². The van der Waals surface area contributed by atoms with E-state index in [9.17, 15) is 0 Å². The molecular formula is C15H19N5S. The Balaban J connectivity index is 1.84. The van der Waals surface area contributed by atoms with Crippen molar-refractivity contribution < 1.29 is 0 Å². The SMILES string of the molecule is CCCc1nc(N)nc(NC2CCc3ccc(S)cc32)n1. The van der Waals surface area contributed by atoms with Gasteiger partial charge in [0.05, 0.1) is 6.04 Å². The summed E-state index contributed by atoms with van der Waals surface area (Å²) < 4.78 is 0. The zero-order valence-corrected chi connectivity index (χ0v) is 12.9. The zero-order chi connectivity index (χ0) is 14.8. The maximum atomic E-state index is 5.77. The summed E-state index contributed by atoms with van der Waals surface area (Å²) >= 11 is 4.42. The van der Waals surface area contributed by atoms with Crippen LogP contribution in [0.15, 0.2) is 23.1 Å². The third kappa shape index (κ3) is 3.10. The van der Waals surface area contributed by atoms with E-state index < -0.39 is 0 Å². The van der Waals surface area contributed by atoms with Crippen LogP contribution in [0.1, 0.15) is 42.8 Å². The van der Waals surface area contributed by atoms with Crippen molar-refractivity contribution in [1.29, 1.82) is 0 Å². The lowest BCUT2D eigenvalue weighted by Crippen LogP contribution is -2.13. The largest absolute Gasteiger partial charge is 0.368 e. The normalized spacial score (nSPS) is 16.8. The number of anilines is 2. The van der Waals surface area contributed by atoms with Crippen molar-refractivity contribution in [2.24, 2.45) is 0 Å². The van der Waals surface area contributed by atoms with Crippen molar-refractivity contribution in [3.63, 3.8) is 0 Å². The van der Waals surface area contributed by atoms with E-state index in [4.69, 9.17) is 5.73 Å². The quantitative estimate of drug-likeness (QED) is 0.757. The Morgan fingerprint density at radius 1 is 1.33 bits per heavy atom. The van der Waals surface area contributed by atoms with Crippen LogP contribution in [0, 0.1) is 0 Å². The number of hydrogen-bond donors (Lipinski definition) is 3. The first-order chi connectivity index (χ1) is 10.2. The van der Waals surface area contributed by atoms with Gasteiger partial charge in [-0.15, -0.1) is 12.6 Å². The molecule has 0 saturated heterocycles. The molecule has 1 aromatic carbocycles. The van der Waals surface area contributed by atoms with Crippen LogP contribution in [0.5, 0.6) is 0 Å². The molecule has 1 unspecified atom stereocenters. The molecule has 0 spiro atoms. The van der Waals surface area contributed by atoms with Gasteiger partial charge in [-0.3, -0.25) is 0 Å². The lowest BCUT2D eigenvalue weighted by Gasteiger charge is -2.15. The molecule has 3 N–H and O–H groups in total. The van der Waals surface area contributed by atoms with E-state index in [-0.39, 0.29) is 12.0 Å². The number of fused-ring (bicyclic) bond motifs is 1. The van der Waals surface area contributed by atoms with E-state index in [0.29, 0.717) is 5.95 Å². The van der Waals surface area contributed by atoms with Crippen LogP contribution in [0.3, 0.4) is 0 Å². The van der Waals surface area contributed by atoms with Crippen molar-refractivity contribution >= 4 is 24.5 Å². The molecule has 21 heavy (non-hydrogen) atoms. The van der Waals surface area contributed by atoms with Crippen LogP contribution in [0.25, 0.3) is 0 Å². The average molecular weight is 301 g/mol. The molecule has 0 amide bonds. The van der Waals surface area contributed by atoms with Gasteiger partial charge in [-0.2, -0.15) is 15.0 Å². The summed E-state index contributed by atoms with van der Waals surface area (Å²) in [5.41, 5.74) is 8.41. The Labute approximate surface area is 129 Å². The number of aryl methyl sites for hydroxylation is 2.